The summed E-state index contributed by atoms with van der Waals surface area (Å²) in [6, 6.07) is 8.71. The van der Waals surface area contributed by atoms with E-state index in [0.29, 0.717) is 5.92 Å². The van der Waals surface area contributed by atoms with E-state index in [-0.39, 0.29) is 0 Å². The Kier molecular flexibility index (Phi) is 3.19. The molecule has 0 amide bonds. The lowest BCUT2D eigenvalue weighted by molar-refractivity contribution is 0.578. The van der Waals surface area contributed by atoms with E-state index in [9.17, 15) is 0 Å². The summed E-state index contributed by atoms with van der Waals surface area (Å²) in [6.07, 6.45) is 6.45. The van der Waals surface area contributed by atoms with Crippen molar-refractivity contribution in [2.24, 2.45) is 5.84 Å². The van der Waals surface area contributed by atoms with Gasteiger partial charge in [-0.05, 0) is 56.4 Å². The Hall–Kier alpha value is -1.81. The van der Waals surface area contributed by atoms with E-state index in [2.05, 4.69) is 34.6 Å². The number of pyridine rings is 1. The van der Waals surface area contributed by atoms with Crippen molar-refractivity contribution >= 4 is 22.3 Å². The zero-order valence-corrected chi connectivity index (χ0v) is 12.3. The number of hydrazine groups is 1. The minimum absolute atomic E-state index is 0.642. The lowest BCUT2D eigenvalue weighted by Gasteiger charge is -2.29. The van der Waals surface area contributed by atoms with Crippen molar-refractivity contribution in [1.29, 1.82) is 0 Å². The standard InChI is InChI=1S/C17H22N4/c18-20-17-11-16(12-4-5-12)19-15-7-6-13(10-14(15)17)21-8-2-1-3-9-21/h6-7,10-12H,1-5,8-9,18H2,(H,19,20). The van der Waals surface area contributed by atoms with Gasteiger partial charge in [0.15, 0.2) is 0 Å². The lowest BCUT2D eigenvalue weighted by atomic mass is 10.1. The van der Waals surface area contributed by atoms with E-state index in [4.69, 9.17) is 10.8 Å². The summed E-state index contributed by atoms with van der Waals surface area (Å²) >= 11 is 0. The van der Waals surface area contributed by atoms with Crippen LogP contribution in [0, 0.1) is 0 Å². The molecule has 2 aromatic rings. The molecule has 1 saturated heterocycles. The normalized spacial score (nSPS) is 19.0. The Balaban J connectivity index is 1.76. The maximum Gasteiger partial charge on any atom is 0.0728 e. The molecule has 0 atom stereocenters. The molecule has 21 heavy (non-hydrogen) atoms. The first-order valence-corrected chi connectivity index (χ1v) is 8.01. The summed E-state index contributed by atoms with van der Waals surface area (Å²) in [5.41, 5.74) is 7.39. The highest BCUT2D eigenvalue weighted by molar-refractivity contribution is 5.93. The summed E-state index contributed by atoms with van der Waals surface area (Å²) < 4.78 is 0. The molecule has 0 bridgehead atoms. The third kappa shape index (κ3) is 2.44. The highest BCUT2D eigenvalue weighted by atomic mass is 15.2. The van der Waals surface area contributed by atoms with Gasteiger partial charge in [-0.15, -0.1) is 0 Å². The predicted molar refractivity (Wildman–Crippen MR) is 87.6 cm³/mol. The maximum atomic E-state index is 5.74. The summed E-state index contributed by atoms with van der Waals surface area (Å²) in [5.74, 6) is 6.38. The molecular formula is C17H22N4. The van der Waals surface area contributed by atoms with Crippen molar-refractivity contribution in [2.45, 2.75) is 38.0 Å². The van der Waals surface area contributed by atoms with Gasteiger partial charge in [0.25, 0.3) is 0 Å². The van der Waals surface area contributed by atoms with E-state index in [1.165, 1.54) is 43.5 Å². The number of benzene rings is 1. The lowest BCUT2D eigenvalue weighted by Crippen LogP contribution is -2.29. The van der Waals surface area contributed by atoms with Crippen LogP contribution in [0.2, 0.25) is 0 Å². The van der Waals surface area contributed by atoms with E-state index in [1.54, 1.807) is 0 Å². The first-order valence-electron chi connectivity index (χ1n) is 8.01. The van der Waals surface area contributed by atoms with Crippen LogP contribution in [0.1, 0.15) is 43.7 Å². The Bertz CT molecular complexity index is 657. The average Bonchev–Trinajstić information content (AvgIpc) is 3.39. The quantitative estimate of drug-likeness (QED) is 0.669. The van der Waals surface area contributed by atoms with Crippen LogP contribution in [-0.2, 0) is 0 Å². The van der Waals surface area contributed by atoms with Crippen LogP contribution in [0.3, 0.4) is 0 Å². The predicted octanol–water partition coefficient (Wildman–Crippen LogP) is 3.39. The van der Waals surface area contributed by atoms with Crippen LogP contribution in [0.5, 0.6) is 0 Å². The van der Waals surface area contributed by atoms with Gasteiger partial charge >= 0.3 is 0 Å². The molecule has 2 aliphatic rings. The van der Waals surface area contributed by atoms with Crippen molar-refractivity contribution in [3.8, 4) is 0 Å². The van der Waals surface area contributed by atoms with Gasteiger partial charge in [0.1, 0.15) is 0 Å². The molecule has 0 spiro atoms. The summed E-state index contributed by atoms with van der Waals surface area (Å²) in [7, 11) is 0. The van der Waals surface area contributed by atoms with Crippen molar-refractivity contribution in [3.63, 3.8) is 0 Å². The third-order valence-electron chi connectivity index (χ3n) is 4.68. The Morgan fingerprint density at radius 1 is 1.10 bits per heavy atom. The van der Waals surface area contributed by atoms with Gasteiger partial charge in [0, 0.05) is 35.8 Å². The first kappa shape index (κ1) is 12.9. The number of piperidine rings is 1. The van der Waals surface area contributed by atoms with Crippen LogP contribution in [-0.4, -0.2) is 18.1 Å². The average molecular weight is 282 g/mol. The number of nitrogens with zero attached hydrogens (tertiary/aromatic N) is 2. The molecule has 2 fully saturated rings. The number of hydrogen-bond acceptors (Lipinski definition) is 4. The van der Waals surface area contributed by atoms with Crippen LogP contribution in [0.25, 0.3) is 10.9 Å². The number of fused-ring (bicyclic) bond motifs is 1. The number of anilines is 2. The van der Waals surface area contributed by atoms with Gasteiger partial charge in [-0.2, -0.15) is 0 Å². The molecule has 1 saturated carbocycles. The molecule has 110 valence electrons. The Morgan fingerprint density at radius 3 is 2.62 bits per heavy atom. The molecule has 4 rings (SSSR count). The molecule has 3 N–H and O–H groups in total. The maximum absolute atomic E-state index is 5.74. The fourth-order valence-corrected chi connectivity index (χ4v) is 3.29. The number of nitrogens with two attached hydrogens (primary N) is 1. The molecule has 1 aromatic carbocycles. The summed E-state index contributed by atoms with van der Waals surface area (Å²) in [4.78, 5) is 7.29. The number of hydrogen-bond donors (Lipinski definition) is 2. The molecule has 1 aliphatic heterocycles. The topological polar surface area (TPSA) is 54.2 Å². The molecule has 0 radical (unpaired) electrons. The molecule has 2 heterocycles. The van der Waals surface area contributed by atoms with Crippen LogP contribution >= 0.6 is 0 Å². The molecule has 4 heteroatoms. The fourth-order valence-electron chi connectivity index (χ4n) is 3.29. The van der Waals surface area contributed by atoms with Crippen molar-refractivity contribution in [1.82, 2.24) is 4.98 Å². The van der Waals surface area contributed by atoms with Crippen LogP contribution in [0.15, 0.2) is 24.3 Å². The van der Waals surface area contributed by atoms with Gasteiger partial charge in [0.2, 0.25) is 0 Å². The second-order valence-electron chi connectivity index (χ2n) is 6.26. The van der Waals surface area contributed by atoms with Crippen LogP contribution in [0.4, 0.5) is 11.4 Å². The van der Waals surface area contributed by atoms with Crippen molar-refractivity contribution in [3.05, 3.63) is 30.0 Å². The zero-order chi connectivity index (χ0) is 14.2. The van der Waals surface area contributed by atoms with Gasteiger partial charge in [-0.3, -0.25) is 10.8 Å². The zero-order valence-electron chi connectivity index (χ0n) is 12.3. The Morgan fingerprint density at radius 2 is 1.90 bits per heavy atom. The van der Waals surface area contributed by atoms with E-state index in [0.717, 1.165) is 29.7 Å². The van der Waals surface area contributed by atoms with Crippen molar-refractivity contribution in [2.75, 3.05) is 23.4 Å². The second-order valence-corrected chi connectivity index (χ2v) is 6.26. The molecule has 0 unspecified atom stereocenters. The number of aromatic nitrogens is 1. The van der Waals surface area contributed by atoms with Gasteiger partial charge < -0.3 is 10.3 Å². The SMILES string of the molecule is NNc1cc(C2CC2)nc2ccc(N3CCCCC3)cc12. The van der Waals surface area contributed by atoms with E-state index in [1.807, 2.05) is 0 Å². The smallest absolute Gasteiger partial charge is 0.0728 e. The second kappa shape index (κ2) is 5.19. The fraction of sp³-hybridized carbons (Fsp3) is 0.471. The highest BCUT2D eigenvalue weighted by Crippen LogP contribution is 2.41. The monoisotopic (exact) mass is 282 g/mol. The minimum atomic E-state index is 0.642. The van der Waals surface area contributed by atoms with Crippen molar-refractivity contribution < 1.29 is 0 Å². The largest absolute Gasteiger partial charge is 0.372 e. The van der Waals surface area contributed by atoms with E-state index >= 15 is 0 Å². The summed E-state index contributed by atoms with van der Waals surface area (Å²) in [6.45, 7) is 2.31. The van der Waals surface area contributed by atoms with Gasteiger partial charge in [-0.1, -0.05) is 0 Å². The number of nitrogens with one attached hydrogen (secondary N) is 1. The molecule has 1 aliphatic carbocycles. The third-order valence-corrected chi connectivity index (χ3v) is 4.68. The van der Waals surface area contributed by atoms with Gasteiger partial charge in [-0.25, -0.2) is 0 Å². The number of rotatable bonds is 3. The molecule has 1 aromatic heterocycles. The molecular weight excluding hydrogens is 260 g/mol. The van der Waals surface area contributed by atoms with Crippen LogP contribution < -0.4 is 16.2 Å². The summed E-state index contributed by atoms with van der Waals surface area (Å²) in [5, 5.41) is 1.13. The molecule has 4 nitrogen and oxygen atoms in total. The Labute approximate surface area is 125 Å². The highest BCUT2D eigenvalue weighted by Gasteiger charge is 2.26. The van der Waals surface area contributed by atoms with E-state index < -0.39 is 0 Å². The first-order chi connectivity index (χ1) is 10.3. The van der Waals surface area contributed by atoms with Gasteiger partial charge in [0.05, 0.1) is 11.2 Å². The minimum Gasteiger partial charge on any atom is -0.372 e. The number of nitrogen functional groups attached to an aromatic ring is 1.